The summed E-state index contributed by atoms with van der Waals surface area (Å²) in [5.41, 5.74) is 2.63. The molecule has 0 radical (unpaired) electrons. The molecule has 0 amide bonds. The van der Waals surface area contributed by atoms with Crippen molar-refractivity contribution < 1.29 is 18.7 Å². The Hall–Kier alpha value is -1.63. The molecule has 0 unspecified atom stereocenters. The number of methoxy groups -OCH3 is 1. The molecule has 23 heavy (non-hydrogen) atoms. The number of aryl methyl sites for hydroxylation is 1. The van der Waals surface area contributed by atoms with E-state index in [0.717, 1.165) is 26.7 Å². The van der Waals surface area contributed by atoms with E-state index in [9.17, 15) is 9.18 Å². The molecule has 0 bridgehead atoms. The molecule has 122 valence electrons. The second-order valence-electron chi connectivity index (χ2n) is 5.04. The molecule has 0 spiro atoms. The Morgan fingerprint density at radius 1 is 1.26 bits per heavy atom. The first-order valence-corrected chi connectivity index (χ1v) is 8.37. The van der Waals surface area contributed by atoms with E-state index in [1.165, 1.54) is 13.2 Å². The fourth-order valence-corrected chi connectivity index (χ4v) is 2.90. The van der Waals surface area contributed by atoms with Crippen molar-refractivity contribution in [1.29, 1.82) is 0 Å². The molecule has 0 aromatic heterocycles. The third kappa shape index (κ3) is 4.67. The Balaban J connectivity index is 2.18. The van der Waals surface area contributed by atoms with E-state index in [-0.39, 0.29) is 30.6 Å². The number of hydrogen-bond acceptors (Lipinski definition) is 3. The van der Waals surface area contributed by atoms with Gasteiger partial charge in [0.05, 0.1) is 13.5 Å². The number of ether oxygens (including phenoxy) is 2. The molecule has 0 saturated carbocycles. The summed E-state index contributed by atoms with van der Waals surface area (Å²) in [4.78, 5) is 11.5. The Labute approximate surface area is 148 Å². The Morgan fingerprint density at radius 2 is 2.04 bits per heavy atom. The quantitative estimate of drug-likeness (QED) is 0.509. The van der Waals surface area contributed by atoms with Crippen molar-refractivity contribution in [2.45, 2.75) is 26.4 Å². The minimum atomic E-state index is -0.371. The van der Waals surface area contributed by atoms with E-state index < -0.39 is 0 Å². The SMILES string of the molecule is CCc1ccc(OCc2c(I)cccc2CC(=O)OC)c(F)c1. The molecule has 0 atom stereocenters. The second-order valence-corrected chi connectivity index (χ2v) is 6.20. The fourth-order valence-electron chi connectivity index (χ4n) is 2.19. The van der Waals surface area contributed by atoms with Crippen molar-refractivity contribution >= 4 is 28.6 Å². The van der Waals surface area contributed by atoms with Crippen LogP contribution in [0.15, 0.2) is 36.4 Å². The molecular formula is C18H18FIO3. The van der Waals surface area contributed by atoms with Gasteiger partial charge < -0.3 is 9.47 Å². The van der Waals surface area contributed by atoms with E-state index in [1.807, 2.05) is 31.2 Å². The predicted octanol–water partition coefficient (Wildman–Crippen LogP) is 4.29. The molecule has 2 aromatic rings. The van der Waals surface area contributed by atoms with E-state index in [2.05, 4.69) is 22.6 Å². The van der Waals surface area contributed by atoms with Crippen molar-refractivity contribution in [3.05, 3.63) is 62.5 Å². The first-order chi connectivity index (χ1) is 11.0. The minimum Gasteiger partial charge on any atom is -0.486 e. The lowest BCUT2D eigenvalue weighted by Crippen LogP contribution is -2.10. The third-order valence-electron chi connectivity index (χ3n) is 3.55. The Kier molecular flexibility index (Phi) is 6.38. The van der Waals surface area contributed by atoms with Crippen molar-refractivity contribution in [3.63, 3.8) is 0 Å². The molecule has 0 aliphatic heterocycles. The monoisotopic (exact) mass is 428 g/mol. The largest absolute Gasteiger partial charge is 0.486 e. The second kappa shape index (κ2) is 8.29. The Morgan fingerprint density at radius 3 is 2.70 bits per heavy atom. The molecule has 5 heteroatoms. The van der Waals surface area contributed by atoms with Gasteiger partial charge in [0.25, 0.3) is 0 Å². The van der Waals surface area contributed by atoms with E-state index in [1.54, 1.807) is 6.07 Å². The van der Waals surface area contributed by atoms with Crippen molar-refractivity contribution in [3.8, 4) is 5.75 Å². The number of halogens is 2. The summed E-state index contributed by atoms with van der Waals surface area (Å²) in [5, 5.41) is 0. The maximum absolute atomic E-state index is 14.0. The molecular weight excluding hydrogens is 410 g/mol. The summed E-state index contributed by atoms with van der Waals surface area (Å²) in [6, 6.07) is 10.6. The van der Waals surface area contributed by atoms with Gasteiger partial charge in [-0.1, -0.05) is 25.1 Å². The van der Waals surface area contributed by atoms with Crippen molar-refractivity contribution in [2.24, 2.45) is 0 Å². The lowest BCUT2D eigenvalue weighted by Gasteiger charge is -2.13. The standard InChI is InChI=1S/C18H18FIO3/c1-3-12-7-8-17(15(19)9-12)23-11-14-13(10-18(21)22-2)5-4-6-16(14)20/h4-9H,3,10-11H2,1-2H3. The minimum absolute atomic E-state index is 0.170. The first kappa shape index (κ1) is 17.7. The highest BCUT2D eigenvalue weighted by Crippen LogP contribution is 2.23. The number of benzene rings is 2. The number of carbonyl (C=O) groups excluding carboxylic acids is 1. The van der Waals surface area contributed by atoms with E-state index >= 15 is 0 Å². The zero-order valence-corrected chi connectivity index (χ0v) is 15.2. The summed E-state index contributed by atoms with van der Waals surface area (Å²) >= 11 is 2.18. The van der Waals surface area contributed by atoms with Gasteiger partial charge in [0.2, 0.25) is 0 Å². The van der Waals surface area contributed by atoms with Crippen LogP contribution in [0.3, 0.4) is 0 Å². The molecule has 0 saturated heterocycles. The molecule has 0 aliphatic rings. The summed E-state index contributed by atoms with van der Waals surface area (Å²) in [5.74, 6) is -0.470. The highest BCUT2D eigenvalue weighted by Gasteiger charge is 2.13. The number of esters is 1. The Bertz CT molecular complexity index is 701. The average molecular weight is 428 g/mol. The summed E-state index contributed by atoms with van der Waals surface area (Å²) < 4.78 is 25.3. The van der Waals surface area contributed by atoms with Gasteiger partial charge >= 0.3 is 5.97 Å². The lowest BCUT2D eigenvalue weighted by molar-refractivity contribution is -0.139. The van der Waals surface area contributed by atoms with Crippen LogP contribution in [0, 0.1) is 9.39 Å². The van der Waals surface area contributed by atoms with Crippen LogP contribution >= 0.6 is 22.6 Å². The number of carbonyl (C=O) groups is 1. The molecule has 0 fully saturated rings. The van der Waals surface area contributed by atoms with Crippen LogP contribution < -0.4 is 4.74 Å². The zero-order valence-electron chi connectivity index (χ0n) is 13.1. The van der Waals surface area contributed by atoms with Gasteiger partial charge in [-0.25, -0.2) is 4.39 Å². The van der Waals surface area contributed by atoms with Gasteiger partial charge in [-0.3, -0.25) is 4.79 Å². The summed E-state index contributed by atoms with van der Waals surface area (Å²) in [7, 11) is 1.36. The zero-order chi connectivity index (χ0) is 16.8. The molecule has 0 heterocycles. The predicted molar refractivity (Wildman–Crippen MR) is 95.0 cm³/mol. The van der Waals surface area contributed by atoms with Crippen molar-refractivity contribution in [1.82, 2.24) is 0 Å². The van der Waals surface area contributed by atoms with Crippen LogP contribution in [0.2, 0.25) is 0 Å². The van der Waals surface area contributed by atoms with Gasteiger partial charge in [0, 0.05) is 9.13 Å². The van der Waals surface area contributed by atoms with Gasteiger partial charge in [0.1, 0.15) is 6.61 Å². The molecule has 0 N–H and O–H groups in total. The van der Waals surface area contributed by atoms with Crippen LogP contribution in [0.1, 0.15) is 23.6 Å². The van der Waals surface area contributed by atoms with Crippen LogP contribution in [0.25, 0.3) is 0 Å². The summed E-state index contributed by atoms with van der Waals surface area (Å²) in [6.45, 7) is 2.18. The maximum Gasteiger partial charge on any atom is 0.309 e. The molecule has 2 rings (SSSR count). The number of hydrogen-bond donors (Lipinski definition) is 0. The molecule has 0 aliphatic carbocycles. The normalized spacial score (nSPS) is 10.4. The van der Waals surface area contributed by atoms with Crippen LogP contribution in [0.4, 0.5) is 4.39 Å². The smallest absolute Gasteiger partial charge is 0.309 e. The third-order valence-corrected chi connectivity index (χ3v) is 4.57. The van der Waals surface area contributed by atoms with Gasteiger partial charge in [-0.15, -0.1) is 0 Å². The number of rotatable bonds is 6. The van der Waals surface area contributed by atoms with Crippen LogP contribution in [-0.4, -0.2) is 13.1 Å². The van der Waals surface area contributed by atoms with E-state index in [0.29, 0.717) is 0 Å². The van der Waals surface area contributed by atoms with Crippen LogP contribution in [-0.2, 0) is 29.0 Å². The van der Waals surface area contributed by atoms with Gasteiger partial charge in [0.15, 0.2) is 11.6 Å². The van der Waals surface area contributed by atoms with E-state index in [4.69, 9.17) is 9.47 Å². The van der Waals surface area contributed by atoms with Crippen LogP contribution in [0.5, 0.6) is 5.75 Å². The molecule has 2 aromatic carbocycles. The van der Waals surface area contributed by atoms with Gasteiger partial charge in [-0.2, -0.15) is 0 Å². The lowest BCUT2D eigenvalue weighted by atomic mass is 10.1. The topological polar surface area (TPSA) is 35.5 Å². The maximum atomic E-state index is 14.0. The first-order valence-electron chi connectivity index (χ1n) is 7.29. The van der Waals surface area contributed by atoms with Crippen molar-refractivity contribution in [2.75, 3.05) is 7.11 Å². The fraction of sp³-hybridized carbons (Fsp3) is 0.278. The summed E-state index contributed by atoms with van der Waals surface area (Å²) in [6.07, 6.45) is 0.945. The van der Waals surface area contributed by atoms with Gasteiger partial charge in [-0.05, 0) is 58.3 Å². The molecule has 3 nitrogen and oxygen atoms in total. The highest BCUT2D eigenvalue weighted by atomic mass is 127. The average Bonchev–Trinajstić information content (AvgIpc) is 2.55. The highest BCUT2D eigenvalue weighted by molar-refractivity contribution is 14.1.